The van der Waals surface area contributed by atoms with Crippen molar-refractivity contribution in [2.24, 2.45) is 5.41 Å². The number of amides is 2. The first-order valence-corrected chi connectivity index (χ1v) is 7.33. The van der Waals surface area contributed by atoms with Crippen molar-refractivity contribution < 1.29 is 14.7 Å². The molecule has 0 unspecified atom stereocenters. The molecule has 0 aliphatic heterocycles. The van der Waals surface area contributed by atoms with Crippen molar-refractivity contribution in [1.82, 2.24) is 10.6 Å². The first kappa shape index (κ1) is 17.0. The Morgan fingerprint density at radius 2 is 1.71 bits per heavy atom. The number of nitrogens with one attached hydrogen (secondary N) is 2. The molecule has 2 amide bonds. The predicted octanol–water partition coefficient (Wildman–Crippen LogP) is 2.42. The van der Waals surface area contributed by atoms with Crippen molar-refractivity contribution in [2.75, 3.05) is 13.1 Å². The van der Waals surface area contributed by atoms with Crippen molar-refractivity contribution in [2.45, 2.75) is 33.1 Å². The summed E-state index contributed by atoms with van der Waals surface area (Å²) in [5, 5.41) is 14.7. The van der Waals surface area contributed by atoms with Crippen LogP contribution in [0.4, 0.5) is 4.79 Å². The summed E-state index contributed by atoms with van der Waals surface area (Å²) in [4.78, 5) is 23.0. The molecule has 5 nitrogen and oxygen atoms in total. The lowest BCUT2D eigenvalue weighted by Gasteiger charge is -2.26. The second kappa shape index (κ2) is 8.29. The number of hydrogen-bond donors (Lipinski definition) is 3. The van der Waals surface area contributed by atoms with Gasteiger partial charge in [0.1, 0.15) is 0 Å². The molecule has 1 rings (SSSR count). The first-order valence-electron chi connectivity index (χ1n) is 7.33. The van der Waals surface area contributed by atoms with Crippen LogP contribution in [0.2, 0.25) is 0 Å². The number of urea groups is 1. The molecule has 3 N–H and O–H groups in total. The van der Waals surface area contributed by atoms with Gasteiger partial charge in [0, 0.05) is 13.1 Å². The Bertz CT molecular complexity index is 456. The zero-order chi connectivity index (χ0) is 15.7. The number of benzene rings is 1. The highest BCUT2D eigenvalue weighted by atomic mass is 16.4. The van der Waals surface area contributed by atoms with E-state index >= 15 is 0 Å². The highest BCUT2D eigenvalue weighted by Gasteiger charge is 2.35. The van der Waals surface area contributed by atoms with Gasteiger partial charge < -0.3 is 15.7 Å². The first-order chi connectivity index (χ1) is 10.0. The Hall–Kier alpha value is -2.04. The summed E-state index contributed by atoms with van der Waals surface area (Å²) in [5.74, 6) is -0.864. The Labute approximate surface area is 125 Å². The molecule has 21 heavy (non-hydrogen) atoms. The Kier molecular flexibility index (Phi) is 6.72. The van der Waals surface area contributed by atoms with Gasteiger partial charge in [-0.2, -0.15) is 0 Å². The van der Waals surface area contributed by atoms with Gasteiger partial charge in [-0.05, 0) is 24.8 Å². The summed E-state index contributed by atoms with van der Waals surface area (Å²) in [5.41, 5.74) is 0.274. The van der Waals surface area contributed by atoms with Crippen molar-refractivity contribution in [3.8, 4) is 0 Å². The number of rotatable bonds is 8. The van der Waals surface area contributed by atoms with Gasteiger partial charge in [0.25, 0.3) is 0 Å². The lowest BCUT2D eigenvalue weighted by Crippen LogP contribution is -2.46. The molecule has 0 fully saturated rings. The second-order valence-electron chi connectivity index (χ2n) is 5.14. The van der Waals surface area contributed by atoms with Gasteiger partial charge >= 0.3 is 12.0 Å². The molecule has 0 saturated carbocycles. The van der Waals surface area contributed by atoms with E-state index in [0.717, 1.165) is 12.0 Å². The maximum Gasteiger partial charge on any atom is 0.314 e. The zero-order valence-electron chi connectivity index (χ0n) is 12.7. The summed E-state index contributed by atoms with van der Waals surface area (Å²) >= 11 is 0. The van der Waals surface area contributed by atoms with Gasteiger partial charge in [-0.3, -0.25) is 4.79 Å². The van der Waals surface area contributed by atoms with Crippen LogP contribution in [0.1, 0.15) is 32.3 Å². The van der Waals surface area contributed by atoms with Crippen LogP contribution in [0.25, 0.3) is 0 Å². The van der Waals surface area contributed by atoms with Gasteiger partial charge in [-0.25, -0.2) is 4.79 Å². The molecule has 0 saturated heterocycles. The summed E-state index contributed by atoms with van der Waals surface area (Å²) < 4.78 is 0. The van der Waals surface area contributed by atoms with E-state index in [1.807, 2.05) is 44.2 Å². The van der Waals surface area contributed by atoms with Crippen LogP contribution >= 0.6 is 0 Å². The summed E-state index contributed by atoms with van der Waals surface area (Å²) in [6, 6.07) is 9.55. The molecular formula is C16H24N2O3. The topological polar surface area (TPSA) is 78.4 Å². The van der Waals surface area contributed by atoms with E-state index in [1.165, 1.54) is 0 Å². The van der Waals surface area contributed by atoms with E-state index < -0.39 is 11.4 Å². The fourth-order valence-corrected chi connectivity index (χ4v) is 2.16. The Morgan fingerprint density at radius 3 is 2.24 bits per heavy atom. The summed E-state index contributed by atoms with van der Waals surface area (Å²) in [6.45, 7) is 4.32. The minimum Gasteiger partial charge on any atom is -0.481 e. The fourth-order valence-electron chi connectivity index (χ4n) is 2.16. The number of aliphatic carboxylic acids is 1. The van der Waals surface area contributed by atoms with Crippen LogP contribution in [-0.2, 0) is 11.2 Å². The molecular weight excluding hydrogens is 268 g/mol. The number of carboxylic acids is 1. The molecule has 0 bridgehead atoms. The van der Waals surface area contributed by atoms with Gasteiger partial charge in [-0.15, -0.1) is 0 Å². The highest BCUT2D eigenvalue weighted by Crippen LogP contribution is 2.25. The van der Waals surface area contributed by atoms with Gasteiger partial charge in [0.05, 0.1) is 5.41 Å². The van der Waals surface area contributed by atoms with Crippen molar-refractivity contribution >= 4 is 12.0 Å². The molecule has 0 heterocycles. The van der Waals surface area contributed by atoms with E-state index in [2.05, 4.69) is 10.6 Å². The SMILES string of the molecule is CCC(CC)(CNC(=O)NCCc1ccccc1)C(=O)O. The average Bonchev–Trinajstić information content (AvgIpc) is 2.49. The molecule has 0 aliphatic rings. The third kappa shape index (κ3) is 5.10. The van der Waals surface area contributed by atoms with Crippen LogP contribution in [0.5, 0.6) is 0 Å². The van der Waals surface area contributed by atoms with Crippen LogP contribution in [0, 0.1) is 5.41 Å². The third-order valence-corrected chi connectivity index (χ3v) is 3.94. The molecule has 0 aliphatic carbocycles. The monoisotopic (exact) mass is 292 g/mol. The lowest BCUT2D eigenvalue weighted by atomic mass is 9.82. The van der Waals surface area contributed by atoms with Crippen molar-refractivity contribution in [3.63, 3.8) is 0 Å². The van der Waals surface area contributed by atoms with Gasteiger partial charge in [0.15, 0.2) is 0 Å². The molecule has 1 aromatic carbocycles. The Morgan fingerprint density at radius 1 is 1.10 bits per heavy atom. The van der Waals surface area contributed by atoms with Crippen molar-refractivity contribution in [3.05, 3.63) is 35.9 Å². The predicted molar refractivity (Wildman–Crippen MR) is 82.2 cm³/mol. The quantitative estimate of drug-likeness (QED) is 0.688. The maximum absolute atomic E-state index is 11.7. The number of hydrogen-bond acceptors (Lipinski definition) is 2. The average molecular weight is 292 g/mol. The van der Waals surface area contributed by atoms with E-state index in [4.69, 9.17) is 0 Å². The number of carbonyl (C=O) groups excluding carboxylic acids is 1. The Balaban J connectivity index is 2.35. The second-order valence-corrected chi connectivity index (χ2v) is 5.14. The fraction of sp³-hybridized carbons (Fsp3) is 0.500. The molecule has 0 radical (unpaired) electrons. The summed E-state index contributed by atoms with van der Waals surface area (Å²) in [6.07, 6.45) is 1.73. The maximum atomic E-state index is 11.7. The van der Waals surface area contributed by atoms with Crippen LogP contribution in [0.15, 0.2) is 30.3 Å². The molecule has 1 aromatic rings. The lowest BCUT2D eigenvalue weighted by molar-refractivity contribution is -0.149. The number of carbonyl (C=O) groups is 2. The zero-order valence-corrected chi connectivity index (χ0v) is 12.7. The van der Waals surface area contributed by atoms with Crippen LogP contribution in [-0.4, -0.2) is 30.2 Å². The third-order valence-electron chi connectivity index (χ3n) is 3.94. The molecule has 0 aromatic heterocycles. The summed E-state index contributed by atoms with van der Waals surface area (Å²) in [7, 11) is 0. The smallest absolute Gasteiger partial charge is 0.314 e. The highest BCUT2D eigenvalue weighted by molar-refractivity contribution is 5.78. The minimum atomic E-state index is -0.878. The minimum absolute atomic E-state index is 0.145. The molecule has 5 heteroatoms. The van der Waals surface area contributed by atoms with Crippen LogP contribution < -0.4 is 10.6 Å². The molecule has 116 valence electrons. The van der Waals surface area contributed by atoms with Crippen LogP contribution in [0.3, 0.4) is 0 Å². The largest absolute Gasteiger partial charge is 0.481 e. The van der Waals surface area contributed by atoms with E-state index in [1.54, 1.807) is 0 Å². The molecule has 0 spiro atoms. The van der Waals surface area contributed by atoms with E-state index in [0.29, 0.717) is 19.4 Å². The van der Waals surface area contributed by atoms with Gasteiger partial charge in [0.2, 0.25) is 0 Å². The van der Waals surface area contributed by atoms with Gasteiger partial charge in [-0.1, -0.05) is 44.2 Å². The van der Waals surface area contributed by atoms with Crippen molar-refractivity contribution in [1.29, 1.82) is 0 Å². The standard InChI is InChI=1S/C16H24N2O3/c1-3-16(4-2,14(19)20)12-18-15(21)17-11-10-13-8-6-5-7-9-13/h5-9H,3-4,10-12H2,1-2H3,(H,19,20)(H2,17,18,21). The molecule has 0 atom stereocenters. The normalized spacial score (nSPS) is 11.0. The van der Waals surface area contributed by atoms with E-state index in [-0.39, 0.29) is 12.6 Å². The van der Waals surface area contributed by atoms with E-state index in [9.17, 15) is 14.7 Å². The number of carboxylic acid groups (broad SMARTS) is 1.